The fourth-order valence-electron chi connectivity index (χ4n) is 2.51. The van der Waals surface area contributed by atoms with Crippen molar-refractivity contribution in [3.05, 3.63) is 60.2 Å². The van der Waals surface area contributed by atoms with Gasteiger partial charge in [0.1, 0.15) is 6.54 Å². The van der Waals surface area contributed by atoms with E-state index in [4.69, 9.17) is 0 Å². The van der Waals surface area contributed by atoms with Gasteiger partial charge < -0.3 is 10.6 Å². The first kappa shape index (κ1) is 21.4. The van der Waals surface area contributed by atoms with E-state index in [-0.39, 0.29) is 11.9 Å². The lowest BCUT2D eigenvalue weighted by Crippen LogP contribution is -2.38. The van der Waals surface area contributed by atoms with E-state index >= 15 is 0 Å². The van der Waals surface area contributed by atoms with Crippen molar-refractivity contribution in [2.24, 2.45) is 0 Å². The molecule has 28 heavy (non-hydrogen) atoms. The Balaban J connectivity index is 2.19. The Morgan fingerprint density at radius 3 is 2.25 bits per heavy atom. The summed E-state index contributed by atoms with van der Waals surface area (Å²) in [6.07, 6.45) is 1.82. The van der Waals surface area contributed by atoms with E-state index in [9.17, 15) is 18.0 Å². The van der Waals surface area contributed by atoms with E-state index < -0.39 is 22.5 Å². The second-order valence-corrected chi connectivity index (χ2v) is 8.39. The van der Waals surface area contributed by atoms with Crippen molar-refractivity contribution < 1.29 is 18.0 Å². The van der Waals surface area contributed by atoms with E-state index in [1.807, 2.05) is 13.8 Å². The molecule has 2 amide bonds. The predicted octanol–water partition coefficient (Wildman–Crippen LogP) is 2.62. The van der Waals surface area contributed by atoms with Crippen LogP contribution in [0.4, 0.5) is 11.4 Å². The number of hydrogen-bond acceptors (Lipinski definition) is 4. The van der Waals surface area contributed by atoms with Crippen molar-refractivity contribution in [2.75, 3.05) is 22.4 Å². The maximum Gasteiger partial charge on any atom is 0.253 e. The third-order valence-electron chi connectivity index (χ3n) is 4.17. The maximum absolute atomic E-state index is 12.5. The van der Waals surface area contributed by atoms with E-state index in [1.165, 1.54) is 0 Å². The highest BCUT2D eigenvalue weighted by atomic mass is 32.2. The molecule has 0 aliphatic carbocycles. The SMILES string of the molecule is CC[C@@H](C)NC(=O)c1ccccc1NC(=O)CN(c1ccccc1)S(C)(=O)=O. The van der Waals surface area contributed by atoms with Crippen LogP contribution in [0.25, 0.3) is 0 Å². The molecule has 0 heterocycles. The minimum atomic E-state index is -3.66. The monoisotopic (exact) mass is 403 g/mol. The third kappa shape index (κ3) is 5.82. The topological polar surface area (TPSA) is 95.6 Å². The molecule has 0 bridgehead atoms. The summed E-state index contributed by atoms with van der Waals surface area (Å²) in [7, 11) is -3.66. The van der Waals surface area contributed by atoms with E-state index in [1.54, 1.807) is 54.6 Å². The summed E-state index contributed by atoms with van der Waals surface area (Å²) in [6.45, 7) is 3.45. The molecule has 2 rings (SSSR count). The molecule has 0 fully saturated rings. The van der Waals surface area contributed by atoms with Crippen LogP contribution in [0.5, 0.6) is 0 Å². The van der Waals surface area contributed by atoms with Crippen LogP contribution in [-0.2, 0) is 14.8 Å². The zero-order chi connectivity index (χ0) is 20.7. The van der Waals surface area contributed by atoms with Gasteiger partial charge in [-0.1, -0.05) is 37.3 Å². The number of anilines is 2. The number of amides is 2. The number of sulfonamides is 1. The lowest BCUT2D eigenvalue weighted by atomic mass is 10.1. The number of nitrogens with zero attached hydrogens (tertiary/aromatic N) is 1. The number of carbonyl (C=O) groups is 2. The molecule has 0 aromatic heterocycles. The van der Waals surface area contributed by atoms with E-state index in [0.29, 0.717) is 16.9 Å². The van der Waals surface area contributed by atoms with Crippen molar-refractivity contribution in [1.82, 2.24) is 5.32 Å². The van der Waals surface area contributed by atoms with Gasteiger partial charge in [0, 0.05) is 6.04 Å². The number of rotatable bonds is 8. The van der Waals surface area contributed by atoms with Crippen molar-refractivity contribution in [1.29, 1.82) is 0 Å². The van der Waals surface area contributed by atoms with Gasteiger partial charge in [0.25, 0.3) is 5.91 Å². The van der Waals surface area contributed by atoms with Crippen molar-refractivity contribution in [2.45, 2.75) is 26.3 Å². The number of hydrogen-bond donors (Lipinski definition) is 2. The van der Waals surface area contributed by atoms with Gasteiger partial charge >= 0.3 is 0 Å². The molecule has 1 atom stereocenters. The molecule has 0 aliphatic rings. The maximum atomic E-state index is 12.5. The minimum Gasteiger partial charge on any atom is -0.350 e. The van der Waals surface area contributed by atoms with Gasteiger partial charge in [-0.05, 0) is 37.6 Å². The molecule has 2 aromatic carbocycles. The first-order valence-corrected chi connectivity index (χ1v) is 10.8. The highest BCUT2D eigenvalue weighted by Crippen LogP contribution is 2.18. The molecule has 0 unspecified atom stereocenters. The smallest absolute Gasteiger partial charge is 0.253 e. The Labute approximate surface area is 165 Å². The fourth-order valence-corrected chi connectivity index (χ4v) is 3.36. The zero-order valence-corrected chi connectivity index (χ0v) is 17.0. The molecular weight excluding hydrogens is 378 g/mol. The molecule has 8 heteroatoms. The van der Waals surface area contributed by atoms with Crippen LogP contribution >= 0.6 is 0 Å². The molecule has 150 valence electrons. The van der Waals surface area contributed by atoms with Crippen LogP contribution < -0.4 is 14.9 Å². The van der Waals surface area contributed by atoms with Crippen LogP contribution in [0.15, 0.2) is 54.6 Å². The van der Waals surface area contributed by atoms with Crippen molar-refractivity contribution >= 4 is 33.2 Å². The summed E-state index contributed by atoms with van der Waals surface area (Å²) >= 11 is 0. The van der Waals surface area contributed by atoms with Crippen molar-refractivity contribution in [3.8, 4) is 0 Å². The Morgan fingerprint density at radius 2 is 1.64 bits per heavy atom. The second-order valence-electron chi connectivity index (χ2n) is 6.48. The summed E-state index contributed by atoms with van der Waals surface area (Å²) in [6, 6.07) is 15.0. The average Bonchev–Trinajstić information content (AvgIpc) is 2.66. The lowest BCUT2D eigenvalue weighted by Gasteiger charge is -2.22. The molecule has 7 nitrogen and oxygen atoms in total. The largest absolute Gasteiger partial charge is 0.350 e. The number of benzene rings is 2. The predicted molar refractivity (Wildman–Crippen MR) is 111 cm³/mol. The minimum absolute atomic E-state index is 0.00457. The van der Waals surface area contributed by atoms with Gasteiger partial charge in [0.2, 0.25) is 15.9 Å². The van der Waals surface area contributed by atoms with Gasteiger partial charge in [-0.2, -0.15) is 0 Å². The van der Waals surface area contributed by atoms with Crippen LogP contribution in [0.1, 0.15) is 30.6 Å². The Kier molecular flexibility index (Phi) is 7.17. The molecular formula is C20H25N3O4S. The summed E-state index contributed by atoms with van der Waals surface area (Å²) < 4.78 is 25.3. The molecule has 0 radical (unpaired) electrons. The van der Waals surface area contributed by atoms with Gasteiger partial charge in [0.15, 0.2) is 0 Å². The average molecular weight is 404 g/mol. The number of para-hydroxylation sites is 2. The number of carbonyl (C=O) groups excluding carboxylic acids is 2. The van der Waals surface area contributed by atoms with Gasteiger partial charge in [-0.25, -0.2) is 8.42 Å². The quantitative estimate of drug-likeness (QED) is 0.708. The molecule has 2 aromatic rings. The standard InChI is InChI=1S/C20H25N3O4S/c1-4-15(2)21-20(25)17-12-8-9-13-18(17)22-19(24)14-23(28(3,26)27)16-10-6-5-7-11-16/h5-13,15H,4,14H2,1-3H3,(H,21,25)(H,22,24)/t15-/m1/s1. The van der Waals surface area contributed by atoms with Crippen LogP contribution in [-0.4, -0.2) is 39.1 Å². The summed E-state index contributed by atoms with van der Waals surface area (Å²) in [5.41, 5.74) is 1.04. The normalized spacial score (nSPS) is 12.1. The summed E-state index contributed by atoms with van der Waals surface area (Å²) in [5.74, 6) is -0.841. The van der Waals surface area contributed by atoms with Gasteiger partial charge in [-0.3, -0.25) is 13.9 Å². The zero-order valence-electron chi connectivity index (χ0n) is 16.2. The first-order chi connectivity index (χ1) is 13.2. The van der Waals surface area contributed by atoms with Crippen LogP contribution in [0.2, 0.25) is 0 Å². The van der Waals surface area contributed by atoms with E-state index in [2.05, 4.69) is 10.6 Å². The Morgan fingerprint density at radius 1 is 1.04 bits per heavy atom. The van der Waals surface area contributed by atoms with Crippen LogP contribution in [0, 0.1) is 0 Å². The van der Waals surface area contributed by atoms with Crippen LogP contribution in [0.3, 0.4) is 0 Å². The third-order valence-corrected chi connectivity index (χ3v) is 5.31. The van der Waals surface area contributed by atoms with E-state index in [0.717, 1.165) is 17.0 Å². The van der Waals surface area contributed by atoms with Gasteiger partial charge in [0.05, 0.1) is 23.2 Å². The summed E-state index contributed by atoms with van der Waals surface area (Å²) in [5, 5.41) is 5.50. The number of nitrogens with one attached hydrogen (secondary N) is 2. The molecule has 0 spiro atoms. The van der Waals surface area contributed by atoms with Gasteiger partial charge in [-0.15, -0.1) is 0 Å². The van der Waals surface area contributed by atoms with Crippen molar-refractivity contribution in [3.63, 3.8) is 0 Å². The highest BCUT2D eigenvalue weighted by molar-refractivity contribution is 7.92. The molecule has 0 aliphatic heterocycles. The fraction of sp³-hybridized carbons (Fsp3) is 0.300. The first-order valence-electron chi connectivity index (χ1n) is 8.95. The molecule has 0 saturated heterocycles. The second kappa shape index (κ2) is 9.36. The highest BCUT2D eigenvalue weighted by Gasteiger charge is 2.22. The Bertz CT molecular complexity index is 929. The Hall–Kier alpha value is -2.87. The molecule has 0 saturated carbocycles. The molecule has 2 N–H and O–H groups in total. The summed E-state index contributed by atoms with van der Waals surface area (Å²) in [4.78, 5) is 25.0. The lowest BCUT2D eigenvalue weighted by molar-refractivity contribution is -0.114.